The molecular formula is C17H18N2O3S. The quantitative estimate of drug-likeness (QED) is 0.764. The summed E-state index contributed by atoms with van der Waals surface area (Å²) >= 11 is 1.30. The molecule has 0 fully saturated rings. The van der Waals surface area contributed by atoms with Crippen molar-refractivity contribution < 1.29 is 14.3 Å². The predicted molar refractivity (Wildman–Crippen MR) is 91.7 cm³/mol. The number of ether oxygens (including phenoxy) is 1. The van der Waals surface area contributed by atoms with Gasteiger partial charge in [0, 0.05) is 4.90 Å². The normalized spacial score (nSPS) is 10.1. The highest BCUT2D eigenvalue weighted by Gasteiger charge is 2.09. The smallest absolute Gasteiger partial charge is 0.228 e. The number of hydrogen-bond acceptors (Lipinski definition) is 4. The maximum Gasteiger partial charge on any atom is 0.228 e. The number of nitrogens with one attached hydrogen (secondary N) is 1. The van der Waals surface area contributed by atoms with Crippen molar-refractivity contribution in [3.8, 4) is 5.75 Å². The Hall–Kier alpha value is -2.47. The number of benzene rings is 2. The molecule has 120 valence electrons. The molecule has 0 unspecified atom stereocenters. The van der Waals surface area contributed by atoms with Crippen LogP contribution >= 0.6 is 11.8 Å². The van der Waals surface area contributed by atoms with Gasteiger partial charge in [0.1, 0.15) is 5.75 Å². The number of carbonyl (C=O) groups is 2. The van der Waals surface area contributed by atoms with Gasteiger partial charge in [-0.3, -0.25) is 9.59 Å². The highest BCUT2D eigenvalue weighted by molar-refractivity contribution is 8.00. The van der Waals surface area contributed by atoms with Crippen LogP contribution in [-0.2, 0) is 16.0 Å². The molecule has 0 saturated heterocycles. The van der Waals surface area contributed by atoms with Crippen molar-refractivity contribution in [1.82, 2.24) is 0 Å². The third-order valence-corrected chi connectivity index (χ3v) is 4.15. The summed E-state index contributed by atoms with van der Waals surface area (Å²) in [6.07, 6.45) is 0.263. The van der Waals surface area contributed by atoms with E-state index in [0.717, 1.165) is 16.2 Å². The zero-order valence-corrected chi connectivity index (χ0v) is 13.6. The van der Waals surface area contributed by atoms with Gasteiger partial charge in [-0.15, -0.1) is 11.8 Å². The summed E-state index contributed by atoms with van der Waals surface area (Å²) in [5.74, 6) is 0.407. The molecule has 2 amide bonds. The number of thioether (sulfide) groups is 1. The first-order valence-corrected chi connectivity index (χ1v) is 8.00. The molecule has 0 atom stereocenters. The van der Waals surface area contributed by atoms with E-state index < -0.39 is 5.91 Å². The second-order valence-corrected chi connectivity index (χ2v) is 5.84. The largest absolute Gasteiger partial charge is 0.497 e. The summed E-state index contributed by atoms with van der Waals surface area (Å²) in [5, 5.41) is 2.87. The fourth-order valence-electron chi connectivity index (χ4n) is 1.97. The fraction of sp³-hybridized carbons (Fsp3) is 0.176. The highest BCUT2D eigenvalue weighted by Crippen LogP contribution is 2.26. The van der Waals surface area contributed by atoms with E-state index in [-0.39, 0.29) is 18.1 Å². The first-order chi connectivity index (χ1) is 11.1. The molecule has 0 aliphatic heterocycles. The van der Waals surface area contributed by atoms with Gasteiger partial charge in [-0.2, -0.15) is 0 Å². The zero-order chi connectivity index (χ0) is 16.7. The van der Waals surface area contributed by atoms with Crippen molar-refractivity contribution in [2.45, 2.75) is 11.3 Å². The SMILES string of the molecule is COc1ccc(CC(=O)Nc2ccccc2SCC(N)=O)cc1. The summed E-state index contributed by atoms with van der Waals surface area (Å²) in [5.41, 5.74) is 6.73. The van der Waals surface area contributed by atoms with Crippen molar-refractivity contribution in [3.63, 3.8) is 0 Å². The van der Waals surface area contributed by atoms with Gasteiger partial charge in [0.15, 0.2) is 0 Å². The summed E-state index contributed by atoms with van der Waals surface area (Å²) in [4.78, 5) is 23.9. The molecule has 23 heavy (non-hydrogen) atoms. The maximum atomic E-state index is 12.2. The molecule has 0 radical (unpaired) electrons. The van der Waals surface area contributed by atoms with Crippen LogP contribution in [-0.4, -0.2) is 24.7 Å². The number of rotatable bonds is 7. The van der Waals surface area contributed by atoms with Crippen LogP contribution in [0.3, 0.4) is 0 Å². The number of hydrogen-bond donors (Lipinski definition) is 2. The van der Waals surface area contributed by atoms with Crippen molar-refractivity contribution in [1.29, 1.82) is 0 Å². The molecule has 0 heterocycles. The van der Waals surface area contributed by atoms with E-state index in [1.165, 1.54) is 11.8 Å². The lowest BCUT2D eigenvalue weighted by Crippen LogP contribution is -2.16. The molecule has 2 aromatic rings. The predicted octanol–water partition coefficient (Wildman–Crippen LogP) is 2.45. The van der Waals surface area contributed by atoms with Crippen LogP contribution in [0.2, 0.25) is 0 Å². The summed E-state index contributed by atoms with van der Waals surface area (Å²) < 4.78 is 5.09. The number of carbonyl (C=O) groups excluding carboxylic acids is 2. The first-order valence-electron chi connectivity index (χ1n) is 7.01. The molecule has 0 aliphatic rings. The van der Waals surface area contributed by atoms with E-state index in [1.807, 2.05) is 42.5 Å². The van der Waals surface area contributed by atoms with Gasteiger partial charge >= 0.3 is 0 Å². The molecular weight excluding hydrogens is 312 g/mol. The molecule has 0 spiro atoms. The van der Waals surface area contributed by atoms with E-state index >= 15 is 0 Å². The lowest BCUT2D eigenvalue weighted by Gasteiger charge is -2.10. The van der Waals surface area contributed by atoms with Crippen LogP contribution in [0.5, 0.6) is 5.75 Å². The van der Waals surface area contributed by atoms with E-state index in [9.17, 15) is 9.59 Å². The molecule has 0 bridgehead atoms. The van der Waals surface area contributed by atoms with Gasteiger partial charge < -0.3 is 15.8 Å². The molecule has 0 aliphatic carbocycles. The third kappa shape index (κ3) is 5.34. The Bertz CT molecular complexity index is 686. The number of anilines is 1. The van der Waals surface area contributed by atoms with Crippen LogP contribution in [0.4, 0.5) is 5.69 Å². The Kier molecular flexibility index (Phi) is 6.05. The Morgan fingerprint density at radius 3 is 2.48 bits per heavy atom. The minimum atomic E-state index is -0.394. The second-order valence-electron chi connectivity index (χ2n) is 4.82. The van der Waals surface area contributed by atoms with Gasteiger partial charge in [0.2, 0.25) is 11.8 Å². The van der Waals surface area contributed by atoms with Gasteiger partial charge in [0.25, 0.3) is 0 Å². The van der Waals surface area contributed by atoms with Crippen LogP contribution in [0.15, 0.2) is 53.4 Å². The Morgan fingerprint density at radius 2 is 1.83 bits per heavy atom. The lowest BCUT2D eigenvalue weighted by molar-refractivity contribution is -0.116. The van der Waals surface area contributed by atoms with Crippen LogP contribution in [0.25, 0.3) is 0 Å². The Labute approximate surface area is 139 Å². The molecule has 0 saturated carbocycles. The van der Waals surface area contributed by atoms with Gasteiger partial charge in [-0.1, -0.05) is 24.3 Å². The van der Waals surface area contributed by atoms with Crippen LogP contribution < -0.4 is 15.8 Å². The fourth-order valence-corrected chi connectivity index (χ4v) is 2.71. The first kappa shape index (κ1) is 16.9. The molecule has 6 heteroatoms. The number of nitrogens with two attached hydrogens (primary N) is 1. The molecule has 3 N–H and O–H groups in total. The maximum absolute atomic E-state index is 12.2. The average molecular weight is 330 g/mol. The molecule has 2 aromatic carbocycles. The minimum Gasteiger partial charge on any atom is -0.497 e. The van der Waals surface area contributed by atoms with E-state index in [2.05, 4.69) is 5.32 Å². The standard InChI is InChI=1S/C17H18N2O3S/c1-22-13-8-6-12(7-9-13)10-17(21)19-14-4-2-3-5-15(14)23-11-16(18)20/h2-9H,10-11H2,1H3,(H2,18,20)(H,19,21). The average Bonchev–Trinajstić information content (AvgIpc) is 2.54. The molecule has 0 aromatic heterocycles. The van der Waals surface area contributed by atoms with Crippen LogP contribution in [0, 0.1) is 0 Å². The van der Waals surface area contributed by atoms with Crippen molar-refractivity contribution >= 4 is 29.3 Å². The van der Waals surface area contributed by atoms with Crippen LogP contribution in [0.1, 0.15) is 5.56 Å². The summed E-state index contributed by atoms with van der Waals surface area (Å²) in [7, 11) is 1.60. The van der Waals surface area contributed by atoms with Gasteiger partial charge in [0.05, 0.1) is 25.0 Å². The van der Waals surface area contributed by atoms with Gasteiger partial charge in [-0.05, 0) is 29.8 Å². The molecule has 2 rings (SSSR count). The summed E-state index contributed by atoms with van der Waals surface area (Å²) in [6, 6.07) is 14.7. The van der Waals surface area contributed by atoms with Crippen molar-refractivity contribution in [2.24, 2.45) is 5.73 Å². The molecule has 5 nitrogen and oxygen atoms in total. The third-order valence-electron chi connectivity index (χ3n) is 3.05. The Balaban J connectivity index is 2.00. The van der Waals surface area contributed by atoms with Gasteiger partial charge in [-0.25, -0.2) is 0 Å². The monoisotopic (exact) mass is 330 g/mol. The number of primary amides is 1. The van der Waals surface area contributed by atoms with E-state index in [4.69, 9.17) is 10.5 Å². The second kappa shape index (κ2) is 8.24. The topological polar surface area (TPSA) is 81.4 Å². The zero-order valence-electron chi connectivity index (χ0n) is 12.7. The minimum absolute atomic E-state index is 0.123. The van der Waals surface area contributed by atoms with E-state index in [1.54, 1.807) is 13.2 Å². The lowest BCUT2D eigenvalue weighted by atomic mass is 10.1. The van der Waals surface area contributed by atoms with E-state index in [0.29, 0.717) is 5.69 Å². The van der Waals surface area contributed by atoms with Crippen molar-refractivity contribution in [2.75, 3.05) is 18.2 Å². The number of para-hydroxylation sites is 1. The highest BCUT2D eigenvalue weighted by atomic mass is 32.2. The Morgan fingerprint density at radius 1 is 1.13 bits per heavy atom. The van der Waals surface area contributed by atoms with Crippen molar-refractivity contribution in [3.05, 3.63) is 54.1 Å². The summed E-state index contributed by atoms with van der Waals surface area (Å²) in [6.45, 7) is 0. The number of amides is 2. The number of methoxy groups -OCH3 is 1.